The molecule has 3 rings (SSSR count). The fraction of sp³-hybridized carbons (Fsp3) is 0.471. The molecule has 0 saturated carbocycles. The van der Waals surface area contributed by atoms with Crippen LogP contribution >= 0.6 is 0 Å². The molecule has 2 unspecified atom stereocenters. The first-order chi connectivity index (χ1) is 10.2. The van der Waals surface area contributed by atoms with Crippen molar-refractivity contribution in [1.82, 2.24) is 15.4 Å². The normalized spacial score (nSPS) is 26.9. The molecule has 1 saturated heterocycles. The SMILES string of the molecule is CCC1CNC(C)(c2ccccc2)CN1Cc1ccon1. The molecule has 0 bridgehead atoms. The number of benzene rings is 1. The average molecular weight is 285 g/mol. The Morgan fingerprint density at radius 1 is 1.33 bits per heavy atom. The number of piperazine rings is 1. The van der Waals surface area contributed by atoms with Gasteiger partial charge in [-0.25, -0.2) is 0 Å². The molecule has 0 spiro atoms. The first kappa shape index (κ1) is 14.3. The molecule has 2 atom stereocenters. The van der Waals surface area contributed by atoms with E-state index in [1.165, 1.54) is 5.56 Å². The molecular formula is C17H23N3O. The minimum atomic E-state index is -0.0172. The lowest BCUT2D eigenvalue weighted by molar-refractivity contribution is 0.0743. The van der Waals surface area contributed by atoms with Crippen molar-refractivity contribution in [2.75, 3.05) is 13.1 Å². The van der Waals surface area contributed by atoms with Gasteiger partial charge in [-0.15, -0.1) is 0 Å². The van der Waals surface area contributed by atoms with Crippen LogP contribution in [-0.4, -0.2) is 29.2 Å². The minimum Gasteiger partial charge on any atom is -0.364 e. The Morgan fingerprint density at radius 2 is 2.14 bits per heavy atom. The van der Waals surface area contributed by atoms with Crippen LogP contribution in [0.25, 0.3) is 0 Å². The Kier molecular flexibility index (Phi) is 4.08. The molecule has 1 aliphatic rings. The fourth-order valence-electron chi connectivity index (χ4n) is 3.18. The van der Waals surface area contributed by atoms with Crippen molar-refractivity contribution in [3.63, 3.8) is 0 Å². The summed E-state index contributed by atoms with van der Waals surface area (Å²) in [5.74, 6) is 0. The van der Waals surface area contributed by atoms with E-state index in [2.05, 4.69) is 59.6 Å². The molecule has 1 aromatic heterocycles. The summed E-state index contributed by atoms with van der Waals surface area (Å²) < 4.78 is 4.97. The number of hydrogen-bond acceptors (Lipinski definition) is 4. The number of nitrogens with one attached hydrogen (secondary N) is 1. The van der Waals surface area contributed by atoms with E-state index in [9.17, 15) is 0 Å². The first-order valence-electron chi connectivity index (χ1n) is 7.65. The van der Waals surface area contributed by atoms with Crippen LogP contribution in [-0.2, 0) is 12.1 Å². The predicted molar refractivity (Wildman–Crippen MR) is 82.8 cm³/mol. The molecule has 2 heterocycles. The summed E-state index contributed by atoms with van der Waals surface area (Å²) in [6.45, 7) is 7.35. The summed E-state index contributed by atoms with van der Waals surface area (Å²) in [6, 6.07) is 13.2. The van der Waals surface area contributed by atoms with Gasteiger partial charge in [-0.1, -0.05) is 42.4 Å². The summed E-state index contributed by atoms with van der Waals surface area (Å²) in [4.78, 5) is 2.52. The highest BCUT2D eigenvalue weighted by molar-refractivity contribution is 5.25. The Bertz CT molecular complexity index is 555. The molecule has 0 amide bonds. The standard InChI is InChI=1S/C17H23N3O/c1-3-16-11-18-17(2,14-7-5-4-6-8-14)13-20(16)12-15-9-10-21-19-15/h4-10,16,18H,3,11-13H2,1-2H3. The van der Waals surface area contributed by atoms with Crippen molar-refractivity contribution in [2.45, 2.75) is 38.4 Å². The third-order valence-electron chi connectivity index (χ3n) is 4.50. The largest absolute Gasteiger partial charge is 0.364 e. The molecule has 4 heteroatoms. The molecule has 1 aliphatic heterocycles. The molecule has 0 radical (unpaired) electrons. The highest BCUT2D eigenvalue weighted by Crippen LogP contribution is 2.28. The average Bonchev–Trinajstić information content (AvgIpc) is 3.01. The van der Waals surface area contributed by atoms with Gasteiger partial charge in [-0.3, -0.25) is 4.90 Å². The first-order valence-corrected chi connectivity index (χ1v) is 7.65. The van der Waals surface area contributed by atoms with Gasteiger partial charge < -0.3 is 9.84 Å². The Hall–Kier alpha value is -1.65. The summed E-state index contributed by atoms with van der Waals surface area (Å²) in [7, 11) is 0. The van der Waals surface area contributed by atoms with Gasteiger partial charge in [0.25, 0.3) is 0 Å². The molecule has 0 aliphatic carbocycles. The maximum atomic E-state index is 4.97. The lowest BCUT2D eigenvalue weighted by Crippen LogP contribution is -2.60. The zero-order valence-electron chi connectivity index (χ0n) is 12.7. The number of rotatable bonds is 4. The van der Waals surface area contributed by atoms with Gasteiger partial charge in [-0.05, 0) is 18.9 Å². The molecule has 4 nitrogen and oxygen atoms in total. The zero-order chi connectivity index (χ0) is 14.7. The summed E-state index contributed by atoms with van der Waals surface area (Å²) in [6.07, 6.45) is 2.78. The van der Waals surface area contributed by atoms with E-state index in [-0.39, 0.29) is 5.54 Å². The summed E-state index contributed by atoms with van der Waals surface area (Å²) in [5.41, 5.74) is 2.33. The van der Waals surface area contributed by atoms with Crippen LogP contribution in [0.1, 0.15) is 31.5 Å². The Labute approximate surface area is 126 Å². The van der Waals surface area contributed by atoms with Crippen LogP contribution < -0.4 is 5.32 Å². The van der Waals surface area contributed by atoms with Crippen molar-refractivity contribution in [1.29, 1.82) is 0 Å². The van der Waals surface area contributed by atoms with Crippen molar-refractivity contribution < 1.29 is 4.52 Å². The van der Waals surface area contributed by atoms with Crippen molar-refractivity contribution in [2.24, 2.45) is 0 Å². The second kappa shape index (κ2) is 6.00. The van der Waals surface area contributed by atoms with Gasteiger partial charge in [0.1, 0.15) is 6.26 Å². The Morgan fingerprint density at radius 3 is 2.81 bits per heavy atom. The van der Waals surface area contributed by atoms with Gasteiger partial charge in [-0.2, -0.15) is 0 Å². The smallest absolute Gasteiger partial charge is 0.124 e. The maximum absolute atomic E-state index is 4.97. The van der Waals surface area contributed by atoms with E-state index >= 15 is 0 Å². The van der Waals surface area contributed by atoms with Crippen LogP contribution in [0, 0.1) is 0 Å². The molecule has 112 valence electrons. The van der Waals surface area contributed by atoms with Crippen LogP contribution in [0.4, 0.5) is 0 Å². The molecule has 1 N–H and O–H groups in total. The Balaban J connectivity index is 1.80. The van der Waals surface area contributed by atoms with E-state index in [4.69, 9.17) is 4.52 Å². The molecular weight excluding hydrogens is 262 g/mol. The fourth-order valence-corrected chi connectivity index (χ4v) is 3.18. The lowest BCUT2D eigenvalue weighted by atomic mass is 9.87. The predicted octanol–water partition coefficient (Wildman–Crippen LogP) is 2.77. The lowest BCUT2D eigenvalue weighted by Gasteiger charge is -2.46. The topological polar surface area (TPSA) is 41.3 Å². The van der Waals surface area contributed by atoms with Crippen molar-refractivity contribution >= 4 is 0 Å². The minimum absolute atomic E-state index is 0.0172. The molecule has 1 fully saturated rings. The van der Waals surface area contributed by atoms with Crippen LogP contribution in [0.2, 0.25) is 0 Å². The summed E-state index contributed by atoms with van der Waals surface area (Å²) in [5, 5.41) is 7.80. The molecule has 1 aromatic carbocycles. The van der Waals surface area contributed by atoms with E-state index in [1.54, 1.807) is 6.26 Å². The highest BCUT2D eigenvalue weighted by atomic mass is 16.5. The zero-order valence-corrected chi connectivity index (χ0v) is 12.7. The van der Waals surface area contributed by atoms with E-state index in [1.807, 2.05) is 6.07 Å². The highest BCUT2D eigenvalue weighted by Gasteiger charge is 2.36. The second-order valence-corrected chi connectivity index (χ2v) is 6.04. The van der Waals surface area contributed by atoms with Gasteiger partial charge in [0.05, 0.1) is 11.2 Å². The van der Waals surface area contributed by atoms with E-state index in [0.717, 1.165) is 31.7 Å². The van der Waals surface area contributed by atoms with Gasteiger partial charge in [0, 0.05) is 31.7 Å². The van der Waals surface area contributed by atoms with Gasteiger partial charge in [0.2, 0.25) is 0 Å². The van der Waals surface area contributed by atoms with Crippen molar-refractivity contribution in [3.8, 4) is 0 Å². The quantitative estimate of drug-likeness (QED) is 0.938. The monoisotopic (exact) mass is 285 g/mol. The molecule has 2 aromatic rings. The molecule has 21 heavy (non-hydrogen) atoms. The maximum Gasteiger partial charge on any atom is 0.124 e. The van der Waals surface area contributed by atoms with Crippen molar-refractivity contribution in [3.05, 3.63) is 53.9 Å². The van der Waals surface area contributed by atoms with Crippen LogP contribution in [0.15, 0.2) is 47.2 Å². The van der Waals surface area contributed by atoms with Gasteiger partial charge in [0.15, 0.2) is 0 Å². The van der Waals surface area contributed by atoms with Gasteiger partial charge >= 0.3 is 0 Å². The third-order valence-corrected chi connectivity index (χ3v) is 4.50. The second-order valence-electron chi connectivity index (χ2n) is 6.04. The number of aromatic nitrogens is 1. The third kappa shape index (κ3) is 3.01. The van der Waals surface area contributed by atoms with E-state index in [0.29, 0.717) is 6.04 Å². The number of nitrogens with zero attached hydrogens (tertiary/aromatic N) is 2. The van der Waals surface area contributed by atoms with Crippen LogP contribution in [0.5, 0.6) is 0 Å². The number of hydrogen-bond donors (Lipinski definition) is 1. The van der Waals surface area contributed by atoms with Crippen LogP contribution in [0.3, 0.4) is 0 Å². The summed E-state index contributed by atoms with van der Waals surface area (Å²) >= 11 is 0. The van der Waals surface area contributed by atoms with E-state index < -0.39 is 0 Å².